The summed E-state index contributed by atoms with van der Waals surface area (Å²) in [6, 6.07) is 58.2. The molecule has 0 spiro atoms. The van der Waals surface area contributed by atoms with Gasteiger partial charge in [-0.3, -0.25) is 8.97 Å². The molecule has 46 heavy (non-hydrogen) atoms. The van der Waals surface area contributed by atoms with Crippen molar-refractivity contribution in [3.63, 3.8) is 0 Å². The van der Waals surface area contributed by atoms with Crippen molar-refractivity contribution in [2.24, 2.45) is 0 Å². The summed E-state index contributed by atoms with van der Waals surface area (Å²) >= 11 is 0. The Hall–Kier alpha value is -6.13. The van der Waals surface area contributed by atoms with Gasteiger partial charge in [0.15, 0.2) is 0 Å². The zero-order valence-corrected chi connectivity index (χ0v) is 25.4. The first kappa shape index (κ1) is 26.3. The third-order valence-corrected chi connectivity index (χ3v) is 8.97. The van der Waals surface area contributed by atoms with Gasteiger partial charge in [-0.15, -0.1) is 0 Å². The molecule has 0 unspecified atom stereocenters. The van der Waals surface area contributed by atoms with Crippen molar-refractivity contribution in [2.45, 2.75) is 6.92 Å². The molecule has 0 aliphatic rings. The highest BCUT2D eigenvalue weighted by atomic mass is 15.2. The molecule has 218 valence electrons. The smallest absolute Gasteiger partial charge is 0.220 e. The Labute approximate surface area is 267 Å². The number of rotatable bonds is 5. The van der Waals surface area contributed by atoms with Crippen LogP contribution in [0.25, 0.3) is 72.9 Å². The fourth-order valence-corrected chi connectivity index (χ4v) is 7.01. The van der Waals surface area contributed by atoms with Crippen molar-refractivity contribution < 1.29 is 0 Å². The van der Waals surface area contributed by atoms with Crippen molar-refractivity contribution in [1.82, 2.24) is 18.5 Å². The van der Waals surface area contributed by atoms with Crippen LogP contribution in [0.5, 0.6) is 0 Å². The minimum atomic E-state index is 0.893. The van der Waals surface area contributed by atoms with E-state index in [9.17, 15) is 0 Å². The van der Waals surface area contributed by atoms with Crippen molar-refractivity contribution in [2.75, 3.05) is 0 Å². The summed E-state index contributed by atoms with van der Waals surface area (Å²) in [5, 5.41) is 0. The lowest BCUT2D eigenvalue weighted by atomic mass is 9.98. The molecular weight excluding hydrogens is 560 g/mol. The highest BCUT2D eigenvalue weighted by Gasteiger charge is 2.31. The van der Waals surface area contributed by atoms with Gasteiger partial charge in [-0.05, 0) is 53.9 Å². The molecule has 9 rings (SSSR count). The molecule has 0 saturated heterocycles. The van der Waals surface area contributed by atoms with Crippen LogP contribution in [-0.2, 0) is 0 Å². The number of nitrogens with zero attached hydrogens (tertiary/aromatic N) is 4. The predicted octanol–water partition coefficient (Wildman–Crippen LogP) is 10.5. The molecule has 4 nitrogen and oxygen atoms in total. The van der Waals surface area contributed by atoms with Crippen LogP contribution in [-0.4, -0.2) is 18.5 Å². The van der Waals surface area contributed by atoms with E-state index in [1.54, 1.807) is 0 Å². The Kier molecular flexibility index (Phi) is 6.00. The van der Waals surface area contributed by atoms with Crippen LogP contribution in [0.2, 0.25) is 0 Å². The first-order valence-electron chi connectivity index (χ1n) is 15.7. The van der Waals surface area contributed by atoms with Crippen molar-refractivity contribution in [3.8, 4) is 45.0 Å². The lowest BCUT2D eigenvalue weighted by Crippen LogP contribution is -2.02. The van der Waals surface area contributed by atoms with Crippen molar-refractivity contribution >= 4 is 27.8 Å². The van der Waals surface area contributed by atoms with E-state index < -0.39 is 0 Å². The van der Waals surface area contributed by atoms with Gasteiger partial charge >= 0.3 is 0 Å². The second-order valence-electron chi connectivity index (χ2n) is 11.7. The Morgan fingerprint density at radius 1 is 0.435 bits per heavy atom. The van der Waals surface area contributed by atoms with Gasteiger partial charge < -0.3 is 4.57 Å². The van der Waals surface area contributed by atoms with E-state index in [0.29, 0.717) is 0 Å². The third kappa shape index (κ3) is 3.90. The number of hydrogen-bond acceptors (Lipinski definition) is 1. The molecule has 0 amide bonds. The van der Waals surface area contributed by atoms with Gasteiger partial charge in [-0.2, -0.15) is 0 Å². The number of imidazole rings is 2. The van der Waals surface area contributed by atoms with Gasteiger partial charge in [0.2, 0.25) is 5.78 Å². The Morgan fingerprint density at radius 3 is 1.61 bits per heavy atom. The molecule has 3 heterocycles. The zero-order valence-electron chi connectivity index (χ0n) is 25.4. The largest absolute Gasteiger partial charge is 0.307 e. The van der Waals surface area contributed by atoms with Gasteiger partial charge in [0, 0.05) is 16.8 Å². The number of para-hydroxylation sites is 4. The van der Waals surface area contributed by atoms with E-state index in [4.69, 9.17) is 4.98 Å². The number of hydrogen-bond donors (Lipinski definition) is 0. The summed E-state index contributed by atoms with van der Waals surface area (Å²) in [6.45, 7) is 2.14. The van der Waals surface area contributed by atoms with Crippen LogP contribution in [0.3, 0.4) is 0 Å². The van der Waals surface area contributed by atoms with Gasteiger partial charge in [-0.1, -0.05) is 133 Å². The summed E-state index contributed by atoms with van der Waals surface area (Å²) in [5.41, 5.74) is 14.5. The molecule has 0 saturated carbocycles. The number of aromatic nitrogens is 4. The van der Waals surface area contributed by atoms with E-state index in [1.165, 1.54) is 0 Å². The van der Waals surface area contributed by atoms with E-state index in [-0.39, 0.29) is 0 Å². The molecule has 0 N–H and O–H groups in total. The van der Waals surface area contributed by atoms with Crippen molar-refractivity contribution in [3.05, 3.63) is 169 Å². The van der Waals surface area contributed by atoms with E-state index in [1.807, 2.05) is 0 Å². The maximum absolute atomic E-state index is 5.40. The Morgan fingerprint density at radius 2 is 0.957 bits per heavy atom. The molecule has 4 heteroatoms. The molecule has 0 aliphatic heterocycles. The molecule has 0 fully saturated rings. The van der Waals surface area contributed by atoms with E-state index >= 15 is 0 Å². The maximum atomic E-state index is 5.40. The quantitative estimate of drug-likeness (QED) is 0.196. The molecule has 0 aliphatic carbocycles. The normalized spacial score (nSPS) is 11.6. The first-order chi connectivity index (χ1) is 22.8. The molecule has 3 aromatic heterocycles. The predicted molar refractivity (Wildman–Crippen MR) is 190 cm³/mol. The van der Waals surface area contributed by atoms with Gasteiger partial charge in [0.25, 0.3) is 0 Å². The van der Waals surface area contributed by atoms with Crippen LogP contribution < -0.4 is 0 Å². The topological polar surface area (TPSA) is 27.2 Å². The van der Waals surface area contributed by atoms with Crippen molar-refractivity contribution in [1.29, 1.82) is 0 Å². The summed E-state index contributed by atoms with van der Waals surface area (Å²) in [4.78, 5) is 5.40. The molecule has 9 aromatic rings. The molecule has 0 atom stereocenters. The van der Waals surface area contributed by atoms with E-state index in [0.717, 1.165) is 78.4 Å². The standard InChI is InChI=1S/C42H30N4/c1-29-17-16-28-36-38(29)43-42-45(36)34-26-14-15-27-35(34)46(42)41-37(30-18-6-2-7-19-30)39(31-20-8-3-9-21-31)44(33-24-12-5-13-25-33)40(41)32-22-10-4-11-23-32/h2-28H,1H3. The van der Waals surface area contributed by atoms with Gasteiger partial charge in [0.1, 0.15) is 0 Å². The van der Waals surface area contributed by atoms with Crippen LogP contribution in [0, 0.1) is 6.92 Å². The molecular formula is C42H30N4. The minimum Gasteiger partial charge on any atom is -0.307 e. The molecule has 0 bridgehead atoms. The Bertz CT molecular complexity index is 2400. The second kappa shape index (κ2) is 10.5. The summed E-state index contributed by atoms with van der Waals surface area (Å²) in [6.07, 6.45) is 0. The van der Waals surface area contributed by atoms with Crippen LogP contribution in [0.15, 0.2) is 164 Å². The van der Waals surface area contributed by atoms with Crippen LogP contribution in [0.1, 0.15) is 5.56 Å². The lowest BCUT2D eigenvalue weighted by Gasteiger charge is -2.15. The minimum absolute atomic E-state index is 0.893. The SMILES string of the molecule is Cc1cccc2c1nc1n(-c3c(-c4ccccc4)c(-c4ccccc4)n(-c4ccccc4)c3-c3ccccc3)c3ccccc3n21. The van der Waals surface area contributed by atoms with Crippen LogP contribution >= 0.6 is 0 Å². The maximum Gasteiger partial charge on any atom is 0.220 e. The average Bonchev–Trinajstić information content (AvgIpc) is 3.78. The highest BCUT2D eigenvalue weighted by Crippen LogP contribution is 2.48. The third-order valence-electron chi connectivity index (χ3n) is 8.97. The lowest BCUT2D eigenvalue weighted by molar-refractivity contribution is 1.07. The monoisotopic (exact) mass is 590 g/mol. The Balaban J connectivity index is 1.58. The van der Waals surface area contributed by atoms with Gasteiger partial charge in [0.05, 0.1) is 39.1 Å². The summed E-state index contributed by atoms with van der Waals surface area (Å²) in [5.74, 6) is 0.893. The average molecular weight is 591 g/mol. The highest BCUT2D eigenvalue weighted by molar-refractivity contribution is 6.01. The van der Waals surface area contributed by atoms with E-state index in [2.05, 4.69) is 184 Å². The fourth-order valence-electron chi connectivity index (χ4n) is 7.01. The zero-order chi connectivity index (χ0) is 30.6. The first-order valence-corrected chi connectivity index (χ1v) is 15.7. The molecule has 0 radical (unpaired) electrons. The van der Waals surface area contributed by atoms with Gasteiger partial charge in [-0.25, -0.2) is 4.98 Å². The molecule has 6 aromatic carbocycles. The van der Waals surface area contributed by atoms with Crippen LogP contribution in [0.4, 0.5) is 0 Å². The number of aryl methyl sites for hydroxylation is 1. The second-order valence-corrected chi connectivity index (χ2v) is 11.7. The fraction of sp³-hybridized carbons (Fsp3) is 0.0238. The summed E-state index contributed by atoms with van der Waals surface area (Å²) < 4.78 is 7.16. The number of fused-ring (bicyclic) bond motifs is 5. The summed E-state index contributed by atoms with van der Waals surface area (Å²) in [7, 11) is 0. The number of benzene rings is 6.